The van der Waals surface area contributed by atoms with Crippen LogP contribution in [0.4, 0.5) is 5.69 Å². The molecule has 2 aromatic rings. The summed E-state index contributed by atoms with van der Waals surface area (Å²) in [6, 6.07) is 7.10. The second-order valence-corrected chi connectivity index (χ2v) is 3.77. The van der Waals surface area contributed by atoms with Gasteiger partial charge in [0.05, 0.1) is 6.57 Å². The summed E-state index contributed by atoms with van der Waals surface area (Å²) in [4.78, 5) is 7.60. The summed E-state index contributed by atoms with van der Waals surface area (Å²) in [5.74, 6) is 1.45. The summed E-state index contributed by atoms with van der Waals surface area (Å²) < 4.78 is 5.15. The van der Waals surface area contributed by atoms with Crippen LogP contribution in [-0.2, 0) is 0 Å². The second kappa shape index (κ2) is 4.15. The van der Waals surface area contributed by atoms with Crippen LogP contribution in [0, 0.1) is 6.57 Å². The zero-order valence-corrected chi connectivity index (χ0v) is 9.14. The molecular formula is C12H11N3O. The van der Waals surface area contributed by atoms with Gasteiger partial charge in [0.15, 0.2) is 11.5 Å². The maximum atomic E-state index is 6.85. The van der Waals surface area contributed by atoms with Crippen LogP contribution in [0.2, 0.25) is 0 Å². The molecule has 80 valence electrons. The summed E-state index contributed by atoms with van der Waals surface area (Å²) in [6.07, 6.45) is 0. The van der Waals surface area contributed by atoms with Gasteiger partial charge in [-0.25, -0.2) is 4.85 Å². The third-order valence-electron chi connectivity index (χ3n) is 2.20. The zero-order valence-electron chi connectivity index (χ0n) is 9.14. The Morgan fingerprint density at radius 3 is 2.44 bits per heavy atom. The number of rotatable bonds is 2. The predicted molar refractivity (Wildman–Crippen MR) is 60.1 cm³/mol. The highest BCUT2D eigenvalue weighted by atomic mass is 16.5. The topological polar surface area (TPSA) is 43.3 Å². The first kappa shape index (κ1) is 10.4. The van der Waals surface area contributed by atoms with E-state index in [4.69, 9.17) is 11.1 Å². The molecule has 0 atom stereocenters. The lowest BCUT2D eigenvalue weighted by molar-refractivity contribution is 0.419. The largest absolute Gasteiger partial charge is 0.334 e. The fourth-order valence-electron chi connectivity index (χ4n) is 1.27. The van der Waals surface area contributed by atoms with Crippen molar-refractivity contribution in [3.8, 4) is 11.5 Å². The number of nitrogens with zero attached hydrogens (tertiary/aromatic N) is 3. The van der Waals surface area contributed by atoms with Gasteiger partial charge in [-0.3, -0.25) is 0 Å². The number of aromatic nitrogens is 2. The molecule has 0 radical (unpaired) electrons. The molecule has 1 heterocycles. The van der Waals surface area contributed by atoms with Gasteiger partial charge in [0.1, 0.15) is 0 Å². The molecule has 1 aromatic carbocycles. The van der Waals surface area contributed by atoms with Crippen molar-refractivity contribution in [3.63, 3.8) is 0 Å². The van der Waals surface area contributed by atoms with Gasteiger partial charge in [0, 0.05) is 11.5 Å². The smallest absolute Gasteiger partial charge is 0.257 e. The van der Waals surface area contributed by atoms with E-state index in [1.807, 2.05) is 26.0 Å². The summed E-state index contributed by atoms with van der Waals surface area (Å²) in [5, 5.41) is 3.89. The molecule has 0 aliphatic carbocycles. The number of hydrogen-bond acceptors (Lipinski definition) is 3. The normalized spacial score (nSPS) is 10.4. The Hall–Kier alpha value is -2.15. The van der Waals surface area contributed by atoms with E-state index in [-0.39, 0.29) is 5.92 Å². The van der Waals surface area contributed by atoms with Crippen molar-refractivity contribution in [2.75, 3.05) is 0 Å². The maximum absolute atomic E-state index is 6.85. The Labute approximate surface area is 93.7 Å². The minimum Gasteiger partial charge on any atom is -0.334 e. The van der Waals surface area contributed by atoms with Gasteiger partial charge < -0.3 is 4.52 Å². The molecule has 16 heavy (non-hydrogen) atoms. The van der Waals surface area contributed by atoms with Crippen LogP contribution in [0.5, 0.6) is 0 Å². The van der Waals surface area contributed by atoms with E-state index in [0.717, 1.165) is 5.56 Å². The third-order valence-corrected chi connectivity index (χ3v) is 2.20. The maximum Gasteiger partial charge on any atom is 0.257 e. The molecule has 2 rings (SSSR count). The van der Waals surface area contributed by atoms with Crippen molar-refractivity contribution in [3.05, 3.63) is 41.5 Å². The van der Waals surface area contributed by atoms with Crippen LogP contribution < -0.4 is 0 Å². The molecule has 0 fully saturated rings. The molecule has 0 N–H and O–H groups in total. The van der Waals surface area contributed by atoms with Crippen LogP contribution in [-0.4, -0.2) is 10.1 Å². The molecule has 0 bridgehead atoms. The van der Waals surface area contributed by atoms with Crippen molar-refractivity contribution >= 4 is 5.69 Å². The van der Waals surface area contributed by atoms with Gasteiger partial charge in [0.25, 0.3) is 5.89 Å². The van der Waals surface area contributed by atoms with Gasteiger partial charge >= 0.3 is 0 Å². The van der Waals surface area contributed by atoms with E-state index in [2.05, 4.69) is 15.0 Å². The van der Waals surface area contributed by atoms with Crippen molar-refractivity contribution in [1.82, 2.24) is 10.1 Å². The summed E-state index contributed by atoms with van der Waals surface area (Å²) in [7, 11) is 0. The fourth-order valence-corrected chi connectivity index (χ4v) is 1.27. The Bertz CT molecular complexity index is 520. The highest BCUT2D eigenvalue weighted by Crippen LogP contribution is 2.22. The highest BCUT2D eigenvalue weighted by molar-refractivity contribution is 5.58. The van der Waals surface area contributed by atoms with Crippen LogP contribution in [0.3, 0.4) is 0 Å². The van der Waals surface area contributed by atoms with E-state index in [0.29, 0.717) is 17.4 Å². The predicted octanol–water partition coefficient (Wildman–Crippen LogP) is 3.41. The van der Waals surface area contributed by atoms with Gasteiger partial charge in [0.2, 0.25) is 0 Å². The Morgan fingerprint density at radius 2 is 1.94 bits per heavy atom. The van der Waals surface area contributed by atoms with Crippen LogP contribution >= 0.6 is 0 Å². The fraction of sp³-hybridized carbons (Fsp3) is 0.250. The van der Waals surface area contributed by atoms with Crippen LogP contribution in [0.1, 0.15) is 25.6 Å². The molecule has 0 spiro atoms. The third kappa shape index (κ3) is 1.94. The molecule has 0 unspecified atom stereocenters. The lowest BCUT2D eigenvalue weighted by atomic mass is 10.2. The summed E-state index contributed by atoms with van der Waals surface area (Å²) in [6.45, 7) is 10.9. The molecule has 1 aromatic heterocycles. The van der Waals surface area contributed by atoms with Gasteiger partial charge in [-0.2, -0.15) is 4.98 Å². The Morgan fingerprint density at radius 1 is 1.25 bits per heavy atom. The average Bonchev–Trinajstić information content (AvgIpc) is 2.78. The number of benzene rings is 1. The van der Waals surface area contributed by atoms with Crippen LogP contribution in [0.15, 0.2) is 28.8 Å². The average molecular weight is 213 g/mol. The van der Waals surface area contributed by atoms with E-state index >= 15 is 0 Å². The first-order valence-corrected chi connectivity index (χ1v) is 5.02. The van der Waals surface area contributed by atoms with Crippen molar-refractivity contribution < 1.29 is 4.52 Å². The molecule has 4 nitrogen and oxygen atoms in total. The zero-order chi connectivity index (χ0) is 11.5. The minimum absolute atomic E-state index is 0.250. The quantitative estimate of drug-likeness (QED) is 0.718. The second-order valence-electron chi connectivity index (χ2n) is 3.77. The molecule has 0 aliphatic heterocycles. The lowest BCUT2D eigenvalue weighted by Gasteiger charge is -1.94. The summed E-state index contributed by atoms with van der Waals surface area (Å²) in [5.41, 5.74) is 1.44. The molecule has 4 heteroatoms. The van der Waals surface area contributed by atoms with Gasteiger partial charge in [-0.1, -0.05) is 43.3 Å². The van der Waals surface area contributed by atoms with Gasteiger partial charge in [-0.15, -0.1) is 0 Å². The number of hydrogen-bond donors (Lipinski definition) is 0. The van der Waals surface area contributed by atoms with Crippen LogP contribution in [0.25, 0.3) is 16.3 Å². The monoisotopic (exact) mass is 213 g/mol. The molecule has 0 saturated heterocycles. The van der Waals surface area contributed by atoms with Crippen molar-refractivity contribution in [2.24, 2.45) is 0 Å². The van der Waals surface area contributed by atoms with Crippen molar-refractivity contribution in [1.29, 1.82) is 0 Å². The van der Waals surface area contributed by atoms with E-state index in [1.165, 1.54) is 0 Å². The first-order valence-electron chi connectivity index (χ1n) is 5.02. The SMILES string of the molecule is [C-]#[N+]c1ccc(-c2nc(C(C)C)no2)cc1. The highest BCUT2D eigenvalue weighted by Gasteiger charge is 2.10. The molecule has 0 amide bonds. The minimum atomic E-state index is 0.250. The standard InChI is InChI=1S/C12H11N3O/c1-8(2)11-14-12(16-15-11)9-4-6-10(13-3)7-5-9/h4-8H,1-2H3. The Balaban J connectivity index is 2.32. The van der Waals surface area contributed by atoms with E-state index in [1.54, 1.807) is 12.1 Å². The van der Waals surface area contributed by atoms with Crippen molar-refractivity contribution in [2.45, 2.75) is 19.8 Å². The summed E-state index contributed by atoms with van der Waals surface area (Å²) >= 11 is 0. The molecule has 0 saturated carbocycles. The van der Waals surface area contributed by atoms with E-state index in [9.17, 15) is 0 Å². The lowest BCUT2D eigenvalue weighted by Crippen LogP contribution is -1.89. The molecular weight excluding hydrogens is 202 g/mol. The first-order chi connectivity index (χ1) is 7.70. The van der Waals surface area contributed by atoms with Gasteiger partial charge in [-0.05, 0) is 0 Å². The van der Waals surface area contributed by atoms with E-state index < -0.39 is 0 Å². The molecule has 0 aliphatic rings. The Kier molecular flexibility index (Phi) is 2.69.